The molecule has 2 atom stereocenters. The van der Waals surface area contributed by atoms with Crippen LogP contribution < -0.4 is 5.32 Å². The van der Waals surface area contributed by atoms with E-state index in [0.29, 0.717) is 0 Å². The lowest BCUT2D eigenvalue weighted by molar-refractivity contribution is -0.0129. The Morgan fingerprint density at radius 3 is 2.50 bits per heavy atom. The highest BCUT2D eigenvalue weighted by atomic mass is 16.5. The van der Waals surface area contributed by atoms with Crippen molar-refractivity contribution in [2.45, 2.75) is 71.4 Å². The first-order valence-electron chi connectivity index (χ1n) is 6.90. The molecule has 0 aromatic rings. The van der Waals surface area contributed by atoms with E-state index in [-0.39, 0.29) is 5.60 Å². The summed E-state index contributed by atoms with van der Waals surface area (Å²) >= 11 is 0. The molecular formula is C14H29NO. The molecule has 16 heavy (non-hydrogen) atoms. The third-order valence-electron chi connectivity index (χ3n) is 3.40. The van der Waals surface area contributed by atoms with Crippen molar-refractivity contribution >= 4 is 0 Å². The Bertz CT molecular complexity index is 184. The van der Waals surface area contributed by atoms with E-state index in [0.717, 1.165) is 25.1 Å². The zero-order valence-corrected chi connectivity index (χ0v) is 11.5. The van der Waals surface area contributed by atoms with Crippen LogP contribution in [0.3, 0.4) is 0 Å². The average molecular weight is 227 g/mol. The van der Waals surface area contributed by atoms with Gasteiger partial charge in [0.25, 0.3) is 0 Å². The lowest BCUT2D eigenvalue weighted by Crippen LogP contribution is -2.39. The monoisotopic (exact) mass is 227 g/mol. The molecule has 0 saturated heterocycles. The van der Waals surface area contributed by atoms with E-state index in [4.69, 9.17) is 4.74 Å². The predicted molar refractivity (Wildman–Crippen MR) is 69.7 cm³/mol. The van der Waals surface area contributed by atoms with Gasteiger partial charge in [0.05, 0.1) is 5.60 Å². The molecule has 2 nitrogen and oxygen atoms in total. The summed E-state index contributed by atoms with van der Waals surface area (Å²) in [6.45, 7) is 10.6. The summed E-state index contributed by atoms with van der Waals surface area (Å²) in [5.74, 6) is 0.830. The maximum atomic E-state index is 5.83. The molecule has 0 radical (unpaired) electrons. The molecule has 96 valence electrons. The fourth-order valence-corrected chi connectivity index (χ4v) is 2.60. The molecular weight excluding hydrogens is 198 g/mol. The first-order valence-corrected chi connectivity index (χ1v) is 6.90. The van der Waals surface area contributed by atoms with Gasteiger partial charge in [-0.1, -0.05) is 19.8 Å². The second-order valence-corrected chi connectivity index (χ2v) is 5.96. The van der Waals surface area contributed by atoms with Gasteiger partial charge in [-0.2, -0.15) is 0 Å². The van der Waals surface area contributed by atoms with Crippen LogP contribution in [0.25, 0.3) is 0 Å². The van der Waals surface area contributed by atoms with Crippen LogP contribution in [0, 0.1) is 5.92 Å². The van der Waals surface area contributed by atoms with Crippen molar-refractivity contribution < 1.29 is 4.74 Å². The maximum absolute atomic E-state index is 5.83. The van der Waals surface area contributed by atoms with Crippen LogP contribution in [0.15, 0.2) is 0 Å². The van der Waals surface area contributed by atoms with Gasteiger partial charge < -0.3 is 10.1 Å². The minimum absolute atomic E-state index is 0.0162. The van der Waals surface area contributed by atoms with Gasteiger partial charge in [0.15, 0.2) is 0 Å². The summed E-state index contributed by atoms with van der Waals surface area (Å²) < 4.78 is 5.83. The van der Waals surface area contributed by atoms with E-state index in [1.807, 2.05) is 0 Å². The smallest absolute Gasteiger partial charge is 0.0598 e. The minimum Gasteiger partial charge on any atom is -0.376 e. The highest BCUT2D eigenvalue weighted by Crippen LogP contribution is 2.27. The van der Waals surface area contributed by atoms with Crippen molar-refractivity contribution in [2.75, 3.05) is 13.2 Å². The molecule has 1 fully saturated rings. The van der Waals surface area contributed by atoms with Crippen molar-refractivity contribution in [3.05, 3.63) is 0 Å². The first-order chi connectivity index (χ1) is 7.53. The first kappa shape index (κ1) is 14.0. The van der Waals surface area contributed by atoms with Gasteiger partial charge in [-0.25, -0.2) is 0 Å². The van der Waals surface area contributed by atoms with Gasteiger partial charge in [0, 0.05) is 12.6 Å². The van der Waals surface area contributed by atoms with Crippen LogP contribution in [-0.2, 0) is 4.74 Å². The van der Waals surface area contributed by atoms with Crippen molar-refractivity contribution in [1.82, 2.24) is 5.32 Å². The standard InChI is InChI=1S/C14H29NO/c1-5-15-13-9-7-6-8-12(13)10-11-16-14(2,3)4/h12-13,15H,5-11H2,1-4H3. The lowest BCUT2D eigenvalue weighted by Gasteiger charge is -2.33. The predicted octanol–water partition coefficient (Wildman–Crippen LogP) is 3.36. The molecule has 1 aliphatic rings. The summed E-state index contributed by atoms with van der Waals surface area (Å²) in [7, 11) is 0. The molecule has 0 heterocycles. The Kier molecular flexibility index (Phi) is 5.77. The highest BCUT2D eigenvalue weighted by molar-refractivity contribution is 4.80. The van der Waals surface area contributed by atoms with Crippen LogP contribution >= 0.6 is 0 Å². The van der Waals surface area contributed by atoms with Gasteiger partial charge in [-0.05, 0) is 52.5 Å². The van der Waals surface area contributed by atoms with Crippen molar-refractivity contribution in [2.24, 2.45) is 5.92 Å². The minimum atomic E-state index is 0.0162. The summed E-state index contributed by atoms with van der Waals surface area (Å²) in [5.41, 5.74) is 0.0162. The zero-order valence-electron chi connectivity index (χ0n) is 11.5. The molecule has 2 unspecified atom stereocenters. The van der Waals surface area contributed by atoms with Crippen LogP contribution in [0.1, 0.15) is 59.8 Å². The second kappa shape index (κ2) is 6.61. The fourth-order valence-electron chi connectivity index (χ4n) is 2.60. The number of hydrogen-bond acceptors (Lipinski definition) is 2. The molecule has 0 aromatic heterocycles. The van der Waals surface area contributed by atoms with Crippen LogP contribution in [0.5, 0.6) is 0 Å². The summed E-state index contributed by atoms with van der Waals surface area (Å²) in [5, 5.41) is 3.63. The van der Waals surface area contributed by atoms with Crippen LogP contribution in [0.4, 0.5) is 0 Å². The van der Waals surface area contributed by atoms with Gasteiger partial charge in [0.2, 0.25) is 0 Å². The van der Waals surface area contributed by atoms with Crippen molar-refractivity contribution in [3.63, 3.8) is 0 Å². The quantitative estimate of drug-likeness (QED) is 0.777. The molecule has 0 aromatic carbocycles. The van der Waals surface area contributed by atoms with Gasteiger partial charge in [-0.15, -0.1) is 0 Å². The largest absolute Gasteiger partial charge is 0.376 e. The van der Waals surface area contributed by atoms with Crippen LogP contribution in [-0.4, -0.2) is 24.8 Å². The van der Waals surface area contributed by atoms with Gasteiger partial charge in [0.1, 0.15) is 0 Å². The molecule has 1 rings (SSSR count). The topological polar surface area (TPSA) is 21.3 Å². The Morgan fingerprint density at radius 1 is 1.19 bits per heavy atom. The lowest BCUT2D eigenvalue weighted by atomic mass is 9.82. The van der Waals surface area contributed by atoms with E-state index >= 15 is 0 Å². The summed E-state index contributed by atoms with van der Waals surface area (Å²) in [4.78, 5) is 0. The number of ether oxygens (including phenoxy) is 1. The maximum Gasteiger partial charge on any atom is 0.0598 e. The molecule has 1 aliphatic carbocycles. The van der Waals surface area contributed by atoms with E-state index < -0.39 is 0 Å². The number of nitrogens with one attached hydrogen (secondary N) is 1. The Balaban J connectivity index is 2.27. The van der Waals surface area contributed by atoms with Crippen molar-refractivity contribution in [3.8, 4) is 0 Å². The Labute approximate surface area is 101 Å². The van der Waals surface area contributed by atoms with Crippen molar-refractivity contribution in [1.29, 1.82) is 0 Å². The molecule has 0 spiro atoms. The number of rotatable bonds is 5. The van der Waals surface area contributed by atoms with E-state index in [1.54, 1.807) is 0 Å². The summed E-state index contributed by atoms with van der Waals surface area (Å²) in [6, 6.07) is 0.738. The van der Waals surface area contributed by atoms with E-state index in [9.17, 15) is 0 Å². The van der Waals surface area contributed by atoms with E-state index in [2.05, 4.69) is 33.0 Å². The summed E-state index contributed by atoms with van der Waals surface area (Å²) in [6.07, 6.45) is 6.75. The fraction of sp³-hybridized carbons (Fsp3) is 1.00. The van der Waals surface area contributed by atoms with Gasteiger partial charge in [-0.3, -0.25) is 0 Å². The van der Waals surface area contributed by atoms with E-state index in [1.165, 1.54) is 32.1 Å². The van der Waals surface area contributed by atoms with Crippen LogP contribution in [0.2, 0.25) is 0 Å². The zero-order chi connectivity index (χ0) is 12.0. The third-order valence-corrected chi connectivity index (χ3v) is 3.40. The molecule has 1 N–H and O–H groups in total. The Hall–Kier alpha value is -0.0800. The average Bonchev–Trinajstić information content (AvgIpc) is 2.19. The molecule has 0 aliphatic heterocycles. The molecule has 0 amide bonds. The third kappa shape index (κ3) is 5.31. The molecule has 0 bridgehead atoms. The SMILES string of the molecule is CCNC1CCCCC1CCOC(C)(C)C. The van der Waals surface area contributed by atoms with Gasteiger partial charge >= 0.3 is 0 Å². The number of hydrogen-bond donors (Lipinski definition) is 1. The highest BCUT2D eigenvalue weighted by Gasteiger charge is 2.24. The molecule has 2 heteroatoms. The second-order valence-electron chi connectivity index (χ2n) is 5.96. The normalized spacial score (nSPS) is 27.0. The Morgan fingerprint density at radius 2 is 1.88 bits per heavy atom. The molecule has 1 saturated carbocycles.